The van der Waals surface area contributed by atoms with Crippen molar-refractivity contribution in [3.63, 3.8) is 0 Å². The van der Waals surface area contributed by atoms with Crippen molar-refractivity contribution in [1.82, 2.24) is 15.3 Å². The third-order valence-electron chi connectivity index (χ3n) is 7.16. The van der Waals surface area contributed by atoms with Crippen LogP contribution in [0.4, 0.5) is 26.3 Å². The number of pyridine rings is 2. The number of amides is 1. The molecule has 5 rings (SSSR count). The summed E-state index contributed by atoms with van der Waals surface area (Å²) in [5.74, 6) is -6.02. The first-order chi connectivity index (χ1) is 20.1. The van der Waals surface area contributed by atoms with E-state index in [0.717, 1.165) is 12.1 Å². The Morgan fingerprint density at radius 2 is 1.86 bits per heavy atom. The number of ether oxygens (including phenoxy) is 2. The quantitative estimate of drug-likeness (QED) is 0.184. The van der Waals surface area contributed by atoms with Gasteiger partial charge >= 0.3 is 6.18 Å². The monoisotopic (exact) mass is 669 g/mol. The Bertz CT molecular complexity index is 1780. The van der Waals surface area contributed by atoms with Crippen LogP contribution in [0.15, 0.2) is 47.1 Å². The van der Waals surface area contributed by atoms with Gasteiger partial charge in [-0.1, -0.05) is 13.8 Å². The predicted octanol–water partition coefficient (Wildman–Crippen LogP) is 6.34. The third kappa shape index (κ3) is 5.26. The Hall–Kier alpha value is -3.91. The van der Waals surface area contributed by atoms with Gasteiger partial charge in [-0.05, 0) is 52.3 Å². The van der Waals surface area contributed by atoms with E-state index in [2.05, 4.69) is 31.2 Å². The topological polar surface area (TPSA) is 93.6 Å². The van der Waals surface area contributed by atoms with Crippen LogP contribution in [0.2, 0.25) is 0 Å². The van der Waals surface area contributed by atoms with Gasteiger partial charge in [0, 0.05) is 38.2 Å². The summed E-state index contributed by atoms with van der Waals surface area (Å²) in [5, 5.41) is 13.7. The largest absolute Gasteiger partial charge is 0.494 e. The van der Waals surface area contributed by atoms with Crippen LogP contribution in [0.3, 0.4) is 0 Å². The first-order valence-corrected chi connectivity index (χ1v) is 13.4. The van der Waals surface area contributed by atoms with Crippen LogP contribution in [0.5, 0.6) is 11.5 Å². The molecule has 1 atom stereocenters. The highest BCUT2D eigenvalue weighted by atomic mass is 79.9. The van der Waals surface area contributed by atoms with Gasteiger partial charge in [-0.15, -0.1) is 0 Å². The van der Waals surface area contributed by atoms with Crippen LogP contribution in [-0.2, 0) is 11.0 Å². The first kappa shape index (κ1) is 30.5. The van der Waals surface area contributed by atoms with Crippen molar-refractivity contribution < 1.29 is 45.7 Å². The molecule has 0 radical (unpaired) electrons. The van der Waals surface area contributed by atoms with Gasteiger partial charge in [0.15, 0.2) is 17.5 Å². The van der Waals surface area contributed by atoms with Crippen molar-refractivity contribution in [3.8, 4) is 22.8 Å². The van der Waals surface area contributed by atoms with Crippen molar-refractivity contribution in [1.29, 1.82) is 0 Å². The van der Waals surface area contributed by atoms with E-state index in [4.69, 9.17) is 9.47 Å². The number of benzene rings is 2. The molecule has 2 N–H and O–H groups in total. The summed E-state index contributed by atoms with van der Waals surface area (Å²) in [6.07, 6.45) is -3.91. The minimum atomic E-state index is -5.41. The summed E-state index contributed by atoms with van der Waals surface area (Å²) in [7, 11) is 1.33. The van der Waals surface area contributed by atoms with Crippen molar-refractivity contribution in [2.75, 3.05) is 20.3 Å². The average Bonchev–Trinajstić information content (AvgIpc) is 3.26. The van der Waals surface area contributed by atoms with Crippen LogP contribution in [-0.4, -0.2) is 47.4 Å². The number of fused-ring (bicyclic) bond motifs is 2. The number of rotatable bonds is 6. The number of aromatic nitrogens is 2. The minimum Gasteiger partial charge on any atom is -0.494 e. The predicted molar refractivity (Wildman–Crippen MR) is 146 cm³/mol. The number of halogens is 7. The maximum atomic E-state index is 14.8. The molecule has 7 nitrogen and oxygen atoms in total. The second-order valence-electron chi connectivity index (χ2n) is 10.6. The molecule has 1 aliphatic heterocycles. The average molecular weight is 670 g/mol. The highest BCUT2D eigenvalue weighted by molar-refractivity contribution is 9.10. The Morgan fingerprint density at radius 3 is 2.53 bits per heavy atom. The molecule has 1 amide bonds. The van der Waals surface area contributed by atoms with E-state index in [1.165, 1.54) is 25.4 Å². The van der Waals surface area contributed by atoms with E-state index in [9.17, 15) is 36.2 Å². The SMILES string of the molecule is COc1cc(C(=O)NC[C@](O)(c2cc3c(c(-c4ccc(F)c(F)c4F)n2)OCC3(C)C)C(F)(F)F)cc2cc(Br)cnc12. The smallest absolute Gasteiger partial charge is 0.424 e. The van der Waals surface area contributed by atoms with Crippen molar-refractivity contribution in [2.45, 2.75) is 31.0 Å². The lowest BCUT2D eigenvalue weighted by Crippen LogP contribution is -2.51. The molecule has 3 heterocycles. The van der Waals surface area contributed by atoms with Crippen LogP contribution >= 0.6 is 15.9 Å². The summed E-state index contributed by atoms with van der Waals surface area (Å²) < 4.78 is 97.9. The first-order valence-electron chi connectivity index (χ1n) is 12.6. The van der Waals surface area contributed by atoms with Gasteiger partial charge < -0.3 is 19.9 Å². The zero-order chi connectivity index (χ0) is 31.5. The van der Waals surface area contributed by atoms with E-state index in [1.54, 1.807) is 19.9 Å². The van der Waals surface area contributed by atoms with Crippen LogP contribution < -0.4 is 14.8 Å². The second-order valence-corrected chi connectivity index (χ2v) is 11.5. The summed E-state index contributed by atoms with van der Waals surface area (Å²) in [6, 6.07) is 6.65. The lowest BCUT2D eigenvalue weighted by atomic mass is 9.84. The zero-order valence-corrected chi connectivity index (χ0v) is 24.3. The highest BCUT2D eigenvalue weighted by Crippen LogP contribution is 2.48. The van der Waals surface area contributed by atoms with Crippen molar-refractivity contribution in [2.24, 2.45) is 0 Å². The molecule has 14 heteroatoms. The van der Waals surface area contributed by atoms with E-state index in [1.807, 2.05) is 0 Å². The lowest BCUT2D eigenvalue weighted by Gasteiger charge is -2.31. The fourth-order valence-corrected chi connectivity index (χ4v) is 5.09. The molecule has 4 aromatic rings. The normalized spacial score (nSPS) is 15.5. The fraction of sp³-hybridized carbons (Fsp3) is 0.276. The van der Waals surface area contributed by atoms with Gasteiger partial charge in [-0.2, -0.15) is 13.2 Å². The molecule has 0 saturated heterocycles. The molecule has 226 valence electrons. The van der Waals surface area contributed by atoms with Crippen LogP contribution in [0.1, 0.15) is 35.5 Å². The summed E-state index contributed by atoms with van der Waals surface area (Å²) >= 11 is 3.27. The van der Waals surface area contributed by atoms with Gasteiger partial charge in [-0.3, -0.25) is 9.78 Å². The van der Waals surface area contributed by atoms with Gasteiger partial charge in [0.05, 0.1) is 26.0 Å². The molecule has 0 spiro atoms. The Labute approximate surface area is 249 Å². The molecule has 0 bridgehead atoms. The van der Waals surface area contributed by atoms with Crippen molar-refractivity contribution in [3.05, 3.63) is 81.3 Å². The number of alkyl halides is 3. The summed E-state index contributed by atoms with van der Waals surface area (Å²) in [5.41, 5.74) is -6.56. The number of nitrogens with zero attached hydrogens (tertiary/aromatic N) is 2. The second kappa shape index (κ2) is 10.7. The van der Waals surface area contributed by atoms with Gasteiger partial charge in [0.2, 0.25) is 5.60 Å². The number of methoxy groups -OCH3 is 1. The Balaban J connectivity index is 1.59. The molecular weight excluding hydrogens is 648 g/mol. The highest BCUT2D eigenvalue weighted by Gasteiger charge is 2.57. The van der Waals surface area contributed by atoms with Gasteiger partial charge in [0.25, 0.3) is 5.91 Å². The standard InChI is InChI=1S/C29H22BrF6N3O4/c1-27(2)12-43-25-17(27)9-20(39-24(25)16-4-5-18(31)22(33)21(16)32)28(41,29(34,35)36)11-38-26(40)14-6-13-7-15(30)10-37-23(13)19(8-14)42-3/h4-10,41H,11-12H2,1-3H3,(H,38,40)/t28-/m0/s1. The number of hydrogen-bond donors (Lipinski definition) is 2. The molecule has 1 aliphatic rings. The number of carbonyl (C=O) groups excluding carboxylic acids is 1. The maximum Gasteiger partial charge on any atom is 0.424 e. The zero-order valence-electron chi connectivity index (χ0n) is 22.7. The number of aliphatic hydroxyl groups is 1. The summed E-state index contributed by atoms with van der Waals surface area (Å²) in [6.45, 7) is 1.80. The minimum absolute atomic E-state index is 0.0539. The Morgan fingerprint density at radius 1 is 1.14 bits per heavy atom. The molecule has 43 heavy (non-hydrogen) atoms. The van der Waals surface area contributed by atoms with Crippen LogP contribution in [0.25, 0.3) is 22.2 Å². The molecule has 0 aliphatic carbocycles. The number of hydrogen-bond acceptors (Lipinski definition) is 6. The summed E-state index contributed by atoms with van der Waals surface area (Å²) in [4.78, 5) is 21.2. The van der Waals surface area contributed by atoms with E-state index >= 15 is 0 Å². The van der Waals surface area contributed by atoms with Crippen LogP contribution in [0, 0.1) is 17.5 Å². The molecular formula is C29H22BrF6N3O4. The van der Waals surface area contributed by atoms with E-state index in [0.29, 0.717) is 21.4 Å². The molecule has 2 aromatic heterocycles. The molecule has 0 unspecified atom stereocenters. The molecule has 0 fully saturated rings. The molecule has 0 saturated carbocycles. The van der Waals surface area contributed by atoms with E-state index in [-0.39, 0.29) is 29.2 Å². The third-order valence-corrected chi connectivity index (χ3v) is 7.60. The molecule has 2 aromatic carbocycles. The van der Waals surface area contributed by atoms with Gasteiger partial charge in [0.1, 0.15) is 22.7 Å². The maximum absolute atomic E-state index is 14.8. The Kier molecular flexibility index (Phi) is 7.58. The lowest BCUT2D eigenvalue weighted by molar-refractivity contribution is -0.265. The van der Waals surface area contributed by atoms with Gasteiger partial charge in [-0.25, -0.2) is 18.2 Å². The fourth-order valence-electron chi connectivity index (χ4n) is 4.74. The number of nitrogens with one attached hydrogen (secondary N) is 1. The van der Waals surface area contributed by atoms with E-state index < -0.39 is 64.0 Å². The van der Waals surface area contributed by atoms with Crippen molar-refractivity contribution >= 4 is 32.7 Å². The number of carbonyl (C=O) groups is 1.